The van der Waals surface area contributed by atoms with E-state index in [2.05, 4.69) is 5.32 Å². The summed E-state index contributed by atoms with van der Waals surface area (Å²) in [6.07, 6.45) is -0.190. The molecule has 1 aromatic rings. The molecule has 0 radical (unpaired) electrons. The fourth-order valence-electron chi connectivity index (χ4n) is 1.27. The maximum Gasteiger partial charge on any atom is 0.308 e. The second-order valence-corrected chi connectivity index (χ2v) is 3.52. The number of benzene rings is 1. The molecule has 0 aromatic heterocycles. The lowest BCUT2D eigenvalue weighted by atomic mass is 10.1. The van der Waals surface area contributed by atoms with Crippen LogP contribution < -0.4 is 11.1 Å². The van der Waals surface area contributed by atoms with Crippen LogP contribution in [-0.4, -0.2) is 23.3 Å². The minimum Gasteiger partial charge on any atom is -0.370 e. The Labute approximate surface area is 105 Å². The van der Waals surface area contributed by atoms with Gasteiger partial charge in [0, 0.05) is 13.0 Å². The van der Waals surface area contributed by atoms with Crippen LogP contribution in [0.2, 0.25) is 0 Å². The van der Waals surface area contributed by atoms with Gasteiger partial charge in [0.25, 0.3) is 5.91 Å². The van der Waals surface area contributed by atoms with Gasteiger partial charge in [0.05, 0.1) is 16.6 Å². The van der Waals surface area contributed by atoms with Crippen molar-refractivity contribution in [2.24, 2.45) is 5.73 Å². The molecule has 0 aliphatic carbocycles. The second kappa shape index (κ2) is 5.85. The first-order valence-corrected chi connectivity index (χ1v) is 5.03. The topological polar surface area (TPSA) is 115 Å². The van der Waals surface area contributed by atoms with Gasteiger partial charge in [-0.2, -0.15) is 4.39 Å². The molecule has 2 amide bonds. The summed E-state index contributed by atoms with van der Waals surface area (Å²) in [5.41, 5.74) is 2.87. The summed E-state index contributed by atoms with van der Waals surface area (Å²) in [5, 5.41) is 12.6. The highest BCUT2D eigenvalue weighted by molar-refractivity contribution is 5.95. The highest BCUT2D eigenvalue weighted by Crippen LogP contribution is 2.22. The summed E-state index contributed by atoms with van der Waals surface area (Å²) in [6, 6.07) is 0.900. The quantitative estimate of drug-likeness (QED) is 0.599. The SMILES string of the molecule is NC(=O)CCNC(=O)c1cc(F)cc([N+](=O)[O-])c1F. The maximum atomic E-state index is 13.6. The molecule has 0 unspecified atom stereocenters. The van der Waals surface area contributed by atoms with Gasteiger partial charge in [0.15, 0.2) is 0 Å². The molecule has 102 valence electrons. The first kappa shape index (κ1) is 14.5. The van der Waals surface area contributed by atoms with Crippen molar-refractivity contribution in [2.75, 3.05) is 6.54 Å². The van der Waals surface area contributed by atoms with Gasteiger partial charge in [-0.1, -0.05) is 0 Å². The zero-order valence-corrected chi connectivity index (χ0v) is 9.48. The van der Waals surface area contributed by atoms with Crippen LogP contribution in [-0.2, 0) is 4.79 Å². The number of carbonyl (C=O) groups is 2. The van der Waals surface area contributed by atoms with E-state index in [9.17, 15) is 28.5 Å². The number of carbonyl (C=O) groups excluding carboxylic acids is 2. The molecule has 19 heavy (non-hydrogen) atoms. The smallest absolute Gasteiger partial charge is 0.308 e. The Bertz CT molecular complexity index is 548. The van der Waals surface area contributed by atoms with Crippen LogP contribution in [0.25, 0.3) is 0 Å². The van der Waals surface area contributed by atoms with Crippen molar-refractivity contribution >= 4 is 17.5 Å². The largest absolute Gasteiger partial charge is 0.370 e. The molecular formula is C10H9F2N3O4. The van der Waals surface area contributed by atoms with Gasteiger partial charge in [-0.05, 0) is 6.07 Å². The van der Waals surface area contributed by atoms with E-state index in [0.717, 1.165) is 0 Å². The van der Waals surface area contributed by atoms with Gasteiger partial charge in [-0.15, -0.1) is 0 Å². The first-order valence-electron chi connectivity index (χ1n) is 5.03. The van der Waals surface area contributed by atoms with Crippen molar-refractivity contribution in [3.63, 3.8) is 0 Å². The van der Waals surface area contributed by atoms with Crippen molar-refractivity contribution in [2.45, 2.75) is 6.42 Å². The van der Waals surface area contributed by atoms with Crippen molar-refractivity contribution in [3.8, 4) is 0 Å². The summed E-state index contributed by atoms with van der Waals surface area (Å²) in [6.45, 7) is -0.183. The van der Waals surface area contributed by atoms with E-state index in [0.29, 0.717) is 12.1 Å². The summed E-state index contributed by atoms with van der Waals surface area (Å²) in [4.78, 5) is 31.2. The van der Waals surface area contributed by atoms with Crippen LogP contribution in [0.15, 0.2) is 12.1 Å². The number of nitro groups is 1. The van der Waals surface area contributed by atoms with E-state index in [4.69, 9.17) is 5.73 Å². The van der Waals surface area contributed by atoms with Crippen LogP contribution in [0, 0.1) is 21.7 Å². The monoisotopic (exact) mass is 273 g/mol. The summed E-state index contributed by atoms with van der Waals surface area (Å²) >= 11 is 0. The Balaban J connectivity index is 2.96. The van der Waals surface area contributed by atoms with Crippen LogP contribution in [0.1, 0.15) is 16.8 Å². The number of hydrogen-bond acceptors (Lipinski definition) is 4. The zero-order chi connectivity index (χ0) is 14.6. The van der Waals surface area contributed by atoms with Crippen LogP contribution in [0.4, 0.5) is 14.5 Å². The summed E-state index contributed by atoms with van der Waals surface area (Å²) in [5.74, 6) is -4.32. The van der Waals surface area contributed by atoms with E-state index < -0.39 is 39.6 Å². The number of nitro benzene ring substituents is 1. The molecule has 0 bridgehead atoms. The van der Waals surface area contributed by atoms with Crippen LogP contribution in [0.3, 0.4) is 0 Å². The fraction of sp³-hybridized carbons (Fsp3) is 0.200. The molecule has 1 rings (SSSR count). The molecule has 0 saturated heterocycles. The molecule has 1 aromatic carbocycles. The molecule has 0 spiro atoms. The Hall–Kier alpha value is -2.58. The lowest BCUT2D eigenvalue weighted by Gasteiger charge is -2.05. The number of amides is 2. The fourth-order valence-corrected chi connectivity index (χ4v) is 1.27. The average Bonchev–Trinajstić information content (AvgIpc) is 2.30. The van der Waals surface area contributed by atoms with Crippen molar-refractivity contribution in [3.05, 3.63) is 39.4 Å². The molecule has 0 fully saturated rings. The predicted molar refractivity (Wildman–Crippen MR) is 59.2 cm³/mol. The lowest BCUT2D eigenvalue weighted by Crippen LogP contribution is -2.28. The minimum atomic E-state index is -1.44. The molecule has 0 atom stereocenters. The molecule has 9 heteroatoms. The molecule has 0 saturated carbocycles. The van der Waals surface area contributed by atoms with E-state index >= 15 is 0 Å². The lowest BCUT2D eigenvalue weighted by molar-refractivity contribution is -0.387. The van der Waals surface area contributed by atoms with E-state index in [1.807, 2.05) is 0 Å². The highest BCUT2D eigenvalue weighted by Gasteiger charge is 2.23. The van der Waals surface area contributed by atoms with E-state index in [-0.39, 0.29) is 13.0 Å². The third kappa shape index (κ3) is 3.69. The van der Waals surface area contributed by atoms with Crippen LogP contribution in [0.5, 0.6) is 0 Å². The average molecular weight is 273 g/mol. The molecular weight excluding hydrogens is 264 g/mol. The standard InChI is InChI=1S/C10H9F2N3O4/c11-5-3-6(9(12)7(4-5)15(18)19)10(17)14-2-1-8(13)16/h3-4H,1-2H2,(H2,13,16)(H,14,17). The van der Waals surface area contributed by atoms with Crippen molar-refractivity contribution in [1.29, 1.82) is 0 Å². The predicted octanol–water partition coefficient (Wildman–Crippen LogP) is 0.478. The number of primary amides is 1. The first-order chi connectivity index (χ1) is 8.82. The maximum absolute atomic E-state index is 13.6. The number of nitrogens with two attached hydrogens (primary N) is 1. The zero-order valence-electron chi connectivity index (χ0n) is 9.48. The molecule has 0 heterocycles. The van der Waals surface area contributed by atoms with Gasteiger partial charge >= 0.3 is 5.69 Å². The van der Waals surface area contributed by atoms with E-state index in [1.165, 1.54) is 0 Å². The Morgan fingerprint density at radius 1 is 1.37 bits per heavy atom. The number of nitrogens with zero attached hydrogens (tertiary/aromatic N) is 1. The number of rotatable bonds is 5. The van der Waals surface area contributed by atoms with Gasteiger partial charge in [0.2, 0.25) is 11.7 Å². The number of hydrogen-bond donors (Lipinski definition) is 2. The van der Waals surface area contributed by atoms with Gasteiger partial charge < -0.3 is 11.1 Å². The van der Waals surface area contributed by atoms with Crippen molar-refractivity contribution < 1.29 is 23.3 Å². The minimum absolute atomic E-state index is 0.183. The van der Waals surface area contributed by atoms with Crippen LogP contribution >= 0.6 is 0 Å². The number of halogens is 2. The van der Waals surface area contributed by atoms with Crippen molar-refractivity contribution in [1.82, 2.24) is 5.32 Å². The second-order valence-electron chi connectivity index (χ2n) is 3.52. The van der Waals surface area contributed by atoms with Gasteiger partial charge in [-0.25, -0.2) is 4.39 Å². The van der Waals surface area contributed by atoms with E-state index in [1.54, 1.807) is 0 Å². The Morgan fingerprint density at radius 2 is 2.00 bits per heavy atom. The molecule has 0 aliphatic rings. The third-order valence-electron chi connectivity index (χ3n) is 2.12. The third-order valence-corrected chi connectivity index (χ3v) is 2.12. The summed E-state index contributed by atoms with van der Waals surface area (Å²) < 4.78 is 26.6. The molecule has 3 N–H and O–H groups in total. The molecule has 0 aliphatic heterocycles. The van der Waals surface area contributed by atoms with Gasteiger partial charge in [-0.3, -0.25) is 19.7 Å². The Kier molecular flexibility index (Phi) is 4.46. The number of nitrogens with one attached hydrogen (secondary N) is 1. The Morgan fingerprint density at radius 3 is 2.53 bits per heavy atom. The van der Waals surface area contributed by atoms with Gasteiger partial charge in [0.1, 0.15) is 5.82 Å². The summed E-state index contributed by atoms with van der Waals surface area (Å²) in [7, 11) is 0. The molecule has 7 nitrogen and oxygen atoms in total. The highest BCUT2D eigenvalue weighted by atomic mass is 19.1. The normalized spacial score (nSPS) is 10.0.